The number of hydrogen-bond donors (Lipinski definition) is 2. The van der Waals surface area contributed by atoms with E-state index in [4.69, 9.17) is 5.11 Å². The average Bonchev–Trinajstić information content (AvgIpc) is 2.33. The van der Waals surface area contributed by atoms with Gasteiger partial charge in [0, 0.05) is 36.7 Å². The lowest BCUT2D eigenvalue weighted by Gasteiger charge is -2.26. The molecule has 1 aliphatic rings. The summed E-state index contributed by atoms with van der Waals surface area (Å²) in [4.78, 5) is 13.1. The molecule has 1 aromatic rings. The molecular weight excluding hydrogens is 238 g/mol. The lowest BCUT2D eigenvalue weighted by atomic mass is 10.1. The molecule has 0 spiro atoms. The molecule has 0 amide bonds. The fourth-order valence-corrected chi connectivity index (χ4v) is 2.82. The van der Waals surface area contributed by atoms with Gasteiger partial charge in [0.1, 0.15) is 5.75 Å². The molecule has 2 rings (SSSR count). The Bertz CT molecular complexity index is 416. The van der Waals surface area contributed by atoms with Crippen molar-refractivity contribution >= 4 is 17.7 Å². The van der Waals surface area contributed by atoms with Crippen molar-refractivity contribution in [2.75, 3.05) is 24.6 Å². The van der Waals surface area contributed by atoms with Gasteiger partial charge in [-0.1, -0.05) is 0 Å². The van der Waals surface area contributed by atoms with E-state index in [9.17, 15) is 9.90 Å². The Morgan fingerprint density at radius 3 is 2.71 bits per heavy atom. The van der Waals surface area contributed by atoms with E-state index in [1.165, 1.54) is 12.1 Å². The fraction of sp³-hybridized carbons (Fsp3) is 0.417. The van der Waals surface area contributed by atoms with E-state index in [0.717, 1.165) is 24.6 Å². The molecule has 17 heavy (non-hydrogen) atoms. The van der Waals surface area contributed by atoms with Crippen LogP contribution >= 0.6 is 11.8 Å². The van der Waals surface area contributed by atoms with E-state index in [2.05, 4.69) is 4.90 Å². The number of benzene rings is 1. The number of carboxylic acids is 1. The molecule has 0 aliphatic carbocycles. The Morgan fingerprint density at radius 2 is 2.06 bits per heavy atom. The lowest BCUT2D eigenvalue weighted by molar-refractivity contribution is 0.0696. The van der Waals surface area contributed by atoms with Crippen molar-refractivity contribution in [1.29, 1.82) is 0 Å². The molecule has 0 aromatic heterocycles. The number of rotatable bonds is 3. The zero-order chi connectivity index (χ0) is 12.3. The van der Waals surface area contributed by atoms with Gasteiger partial charge in [-0.2, -0.15) is 11.8 Å². The van der Waals surface area contributed by atoms with Gasteiger partial charge in [0.2, 0.25) is 0 Å². The minimum Gasteiger partial charge on any atom is -0.508 e. The highest BCUT2D eigenvalue weighted by Crippen LogP contribution is 2.22. The summed E-state index contributed by atoms with van der Waals surface area (Å²) in [6, 6.07) is 4.43. The van der Waals surface area contributed by atoms with Gasteiger partial charge >= 0.3 is 5.97 Å². The summed E-state index contributed by atoms with van der Waals surface area (Å²) in [5, 5.41) is 18.6. The SMILES string of the molecule is O=C(O)c1ccc(O)c(CN2CCSCC2)c1. The molecule has 1 heterocycles. The van der Waals surface area contributed by atoms with Gasteiger partial charge in [-0.3, -0.25) is 4.90 Å². The van der Waals surface area contributed by atoms with E-state index < -0.39 is 5.97 Å². The number of carbonyl (C=O) groups is 1. The molecule has 1 aliphatic heterocycles. The predicted molar refractivity (Wildman–Crippen MR) is 67.7 cm³/mol. The summed E-state index contributed by atoms with van der Waals surface area (Å²) in [5.74, 6) is 1.41. The van der Waals surface area contributed by atoms with Crippen molar-refractivity contribution in [2.24, 2.45) is 0 Å². The van der Waals surface area contributed by atoms with Crippen molar-refractivity contribution in [1.82, 2.24) is 4.90 Å². The largest absolute Gasteiger partial charge is 0.508 e. The highest BCUT2D eigenvalue weighted by atomic mass is 32.2. The van der Waals surface area contributed by atoms with Gasteiger partial charge in [-0.25, -0.2) is 4.79 Å². The molecule has 0 bridgehead atoms. The lowest BCUT2D eigenvalue weighted by Crippen LogP contribution is -2.32. The first-order valence-corrected chi connectivity index (χ1v) is 6.67. The third-order valence-electron chi connectivity index (χ3n) is 2.82. The van der Waals surface area contributed by atoms with Crippen LogP contribution < -0.4 is 0 Å². The maximum Gasteiger partial charge on any atom is 0.335 e. The molecular formula is C12H15NO3S. The number of carboxylic acid groups (broad SMARTS) is 1. The van der Waals surface area contributed by atoms with Crippen LogP contribution in [0.5, 0.6) is 5.75 Å². The van der Waals surface area contributed by atoms with E-state index in [-0.39, 0.29) is 11.3 Å². The Kier molecular flexibility index (Phi) is 3.91. The third kappa shape index (κ3) is 3.14. The fourth-order valence-electron chi connectivity index (χ4n) is 1.85. The monoisotopic (exact) mass is 253 g/mol. The van der Waals surface area contributed by atoms with Crippen LogP contribution in [0.25, 0.3) is 0 Å². The standard InChI is InChI=1S/C12H15NO3S/c14-11-2-1-9(12(15)16)7-10(11)8-13-3-5-17-6-4-13/h1-2,7,14H,3-6,8H2,(H,15,16). The first-order valence-electron chi connectivity index (χ1n) is 5.52. The van der Waals surface area contributed by atoms with Crippen molar-refractivity contribution in [3.05, 3.63) is 29.3 Å². The third-order valence-corrected chi connectivity index (χ3v) is 3.77. The summed E-state index contributed by atoms with van der Waals surface area (Å²) in [5.41, 5.74) is 0.918. The second-order valence-corrected chi connectivity index (χ2v) is 5.26. The average molecular weight is 253 g/mol. The first kappa shape index (κ1) is 12.3. The van der Waals surface area contributed by atoms with Gasteiger partial charge in [-0.15, -0.1) is 0 Å². The second kappa shape index (κ2) is 5.42. The molecule has 0 saturated carbocycles. The van der Waals surface area contributed by atoms with Gasteiger partial charge in [0.25, 0.3) is 0 Å². The Balaban J connectivity index is 2.13. The smallest absolute Gasteiger partial charge is 0.335 e. The topological polar surface area (TPSA) is 60.8 Å². The van der Waals surface area contributed by atoms with Crippen LogP contribution in [0.4, 0.5) is 0 Å². The highest BCUT2D eigenvalue weighted by molar-refractivity contribution is 7.99. The normalized spacial score (nSPS) is 16.9. The number of nitrogens with zero attached hydrogens (tertiary/aromatic N) is 1. The van der Waals surface area contributed by atoms with E-state index in [1.54, 1.807) is 6.07 Å². The van der Waals surface area contributed by atoms with Crippen LogP contribution in [0.15, 0.2) is 18.2 Å². The number of phenols is 1. The van der Waals surface area contributed by atoms with E-state index in [0.29, 0.717) is 12.1 Å². The van der Waals surface area contributed by atoms with Crippen LogP contribution in [0.1, 0.15) is 15.9 Å². The first-order chi connectivity index (χ1) is 8.16. The number of aromatic hydroxyl groups is 1. The summed E-state index contributed by atoms with van der Waals surface area (Å²) in [6.45, 7) is 2.59. The zero-order valence-corrected chi connectivity index (χ0v) is 10.2. The predicted octanol–water partition coefficient (Wildman–Crippen LogP) is 1.64. The van der Waals surface area contributed by atoms with Gasteiger partial charge in [0.05, 0.1) is 5.56 Å². The summed E-state index contributed by atoms with van der Waals surface area (Å²) >= 11 is 1.92. The molecule has 92 valence electrons. The Labute approximate surface area is 104 Å². The molecule has 0 radical (unpaired) electrons. The van der Waals surface area contributed by atoms with Gasteiger partial charge < -0.3 is 10.2 Å². The molecule has 1 fully saturated rings. The summed E-state index contributed by atoms with van der Waals surface area (Å²) < 4.78 is 0. The maximum absolute atomic E-state index is 10.9. The highest BCUT2D eigenvalue weighted by Gasteiger charge is 2.14. The molecule has 0 atom stereocenters. The quantitative estimate of drug-likeness (QED) is 0.857. The van der Waals surface area contributed by atoms with Crippen LogP contribution in [0.2, 0.25) is 0 Å². The van der Waals surface area contributed by atoms with Crippen LogP contribution in [0, 0.1) is 0 Å². The zero-order valence-electron chi connectivity index (χ0n) is 9.43. The Morgan fingerprint density at radius 1 is 1.35 bits per heavy atom. The maximum atomic E-state index is 10.9. The number of phenolic OH excluding ortho intramolecular Hbond substituents is 1. The molecule has 1 saturated heterocycles. The minimum atomic E-state index is -0.958. The summed E-state index contributed by atoms with van der Waals surface area (Å²) in [6.07, 6.45) is 0. The van der Waals surface area contributed by atoms with Crippen molar-refractivity contribution in [2.45, 2.75) is 6.54 Å². The van der Waals surface area contributed by atoms with Crippen LogP contribution in [0.3, 0.4) is 0 Å². The number of aromatic carboxylic acids is 1. The van der Waals surface area contributed by atoms with Crippen molar-refractivity contribution in [3.8, 4) is 5.75 Å². The van der Waals surface area contributed by atoms with E-state index in [1.807, 2.05) is 11.8 Å². The molecule has 2 N–H and O–H groups in total. The molecule has 4 nitrogen and oxygen atoms in total. The van der Waals surface area contributed by atoms with Crippen LogP contribution in [-0.2, 0) is 6.54 Å². The Hall–Kier alpha value is -1.20. The summed E-state index contributed by atoms with van der Waals surface area (Å²) in [7, 11) is 0. The van der Waals surface area contributed by atoms with Gasteiger partial charge in [0.15, 0.2) is 0 Å². The second-order valence-electron chi connectivity index (χ2n) is 4.04. The van der Waals surface area contributed by atoms with Gasteiger partial charge in [-0.05, 0) is 18.2 Å². The number of thioether (sulfide) groups is 1. The molecule has 0 unspecified atom stereocenters. The number of hydrogen-bond acceptors (Lipinski definition) is 4. The van der Waals surface area contributed by atoms with Crippen molar-refractivity contribution in [3.63, 3.8) is 0 Å². The molecule has 5 heteroatoms. The molecule has 1 aromatic carbocycles. The van der Waals surface area contributed by atoms with Crippen LogP contribution in [-0.4, -0.2) is 45.7 Å². The minimum absolute atomic E-state index is 0.174. The van der Waals surface area contributed by atoms with E-state index >= 15 is 0 Å². The van der Waals surface area contributed by atoms with Crippen molar-refractivity contribution < 1.29 is 15.0 Å².